The van der Waals surface area contributed by atoms with Crippen molar-refractivity contribution in [2.75, 3.05) is 0 Å². The SMILES string of the molecule is CC(NS(=O)(=O)c1cc(F)ccc1CO)C(C)(C)C. The first-order chi connectivity index (χ1) is 8.58. The second-order valence-corrected chi connectivity index (χ2v) is 7.30. The summed E-state index contributed by atoms with van der Waals surface area (Å²) < 4.78 is 40.2. The van der Waals surface area contributed by atoms with Crippen LogP contribution in [0.5, 0.6) is 0 Å². The number of hydrogen-bond donors (Lipinski definition) is 2. The van der Waals surface area contributed by atoms with Crippen LogP contribution in [0, 0.1) is 11.2 Å². The molecule has 108 valence electrons. The molecule has 1 aromatic carbocycles. The van der Waals surface area contributed by atoms with E-state index in [4.69, 9.17) is 5.11 Å². The zero-order valence-corrected chi connectivity index (χ0v) is 12.4. The molecule has 1 atom stereocenters. The van der Waals surface area contributed by atoms with Crippen molar-refractivity contribution < 1.29 is 17.9 Å². The molecule has 0 amide bonds. The molecule has 0 spiro atoms. The molecule has 2 N–H and O–H groups in total. The summed E-state index contributed by atoms with van der Waals surface area (Å²) in [6, 6.07) is 2.99. The highest BCUT2D eigenvalue weighted by Crippen LogP contribution is 2.23. The van der Waals surface area contributed by atoms with E-state index < -0.39 is 22.4 Å². The summed E-state index contributed by atoms with van der Waals surface area (Å²) in [7, 11) is -3.86. The minimum atomic E-state index is -3.86. The van der Waals surface area contributed by atoms with Gasteiger partial charge in [0.15, 0.2) is 0 Å². The highest BCUT2D eigenvalue weighted by molar-refractivity contribution is 7.89. The minimum absolute atomic E-state index is 0.176. The molecule has 0 aromatic heterocycles. The zero-order valence-electron chi connectivity index (χ0n) is 11.6. The van der Waals surface area contributed by atoms with Crippen molar-refractivity contribution in [2.45, 2.75) is 45.2 Å². The number of benzene rings is 1. The first-order valence-electron chi connectivity index (χ1n) is 5.99. The first-order valence-corrected chi connectivity index (χ1v) is 7.48. The number of hydrogen-bond acceptors (Lipinski definition) is 3. The Bertz CT molecular complexity index is 549. The fourth-order valence-corrected chi connectivity index (χ4v) is 3.07. The third kappa shape index (κ3) is 3.99. The largest absolute Gasteiger partial charge is 0.392 e. The van der Waals surface area contributed by atoms with Crippen LogP contribution in [0.25, 0.3) is 0 Å². The monoisotopic (exact) mass is 289 g/mol. The summed E-state index contributed by atoms with van der Waals surface area (Å²) in [6.07, 6.45) is 0. The normalized spacial score (nSPS) is 14.4. The average molecular weight is 289 g/mol. The van der Waals surface area contributed by atoms with E-state index in [-0.39, 0.29) is 21.9 Å². The molecule has 0 fully saturated rings. The van der Waals surface area contributed by atoms with Gasteiger partial charge in [-0.3, -0.25) is 0 Å². The second kappa shape index (κ2) is 5.56. The maximum absolute atomic E-state index is 13.2. The Morgan fingerprint density at radius 2 is 1.95 bits per heavy atom. The zero-order chi connectivity index (χ0) is 14.8. The van der Waals surface area contributed by atoms with E-state index in [0.29, 0.717) is 0 Å². The van der Waals surface area contributed by atoms with Crippen molar-refractivity contribution in [3.63, 3.8) is 0 Å². The second-order valence-electron chi connectivity index (χ2n) is 5.62. The molecular formula is C13H20FNO3S. The molecule has 1 aromatic rings. The van der Waals surface area contributed by atoms with Crippen LogP contribution in [0.1, 0.15) is 33.3 Å². The Kier molecular flexibility index (Phi) is 4.71. The lowest BCUT2D eigenvalue weighted by atomic mass is 9.89. The van der Waals surface area contributed by atoms with Crippen molar-refractivity contribution in [3.05, 3.63) is 29.6 Å². The van der Waals surface area contributed by atoms with Gasteiger partial charge in [0.1, 0.15) is 5.82 Å². The molecule has 0 saturated carbocycles. The van der Waals surface area contributed by atoms with Crippen molar-refractivity contribution in [3.8, 4) is 0 Å². The quantitative estimate of drug-likeness (QED) is 0.891. The van der Waals surface area contributed by atoms with E-state index in [2.05, 4.69) is 4.72 Å². The van der Waals surface area contributed by atoms with Crippen LogP contribution in [-0.2, 0) is 16.6 Å². The van der Waals surface area contributed by atoms with Gasteiger partial charge in [-0.2, -0.15) is 0 Å². The number of aliphatic hydroxyl groups is 1. The Morgan fingerprint density at radius 3 is 2.42 bits per heavy atom. The molecule has 0 saturated heterocycles. The van der Waals surface area contributed by atoms with Crippen molar-refractivity contribution in [1.29, 1.82) is 0 Å². The van der Waals surface area contributed by atoms with Gasteiger partial charge in [0.2, 0.25) is 10.0 Å². The van der Waals surface area contributed by atoms with Gasteiger partial charge >= 0.3 is 0 Å². The molecule has 0 heterocycles. The van der Waals surface area contributed by atoms with Gasteiger partial charge in [0, 0.05) is 6.04 Å². The molecule has 6 heteroatoms. The van der Waals surface area contributed by atoms with Gasteiger partial charge in [0.05, 0.1) is 11.5 Å². The van der Waals surface area contributed by atoms with Gasteiger partial charge < -0.3 is 5.11 Å². The van der Waals surface area contributed by atoms with E-state index in [1.165, 1.54) is 6.07 Å². The molecule has 19 heavy (non-hydrogen) atoms. The standard InChI is InChI=1S/C13H20FNO3S/c1-9(13(2,3)4)15-19(17,18)12-7-11(14)6-5-10(12)8-16/h5-7,9,15-16H,8H2,1-4H3. The number of sulfonamides is 1. The summed E-state index contributed by atoms with van der Waals surface area (Å²) in [5.41, 5.74) is -0.0882. The fourth-order valence-electron chi connectivity index (χ4n) is 1.38. The van der Waals surface area contributed by atoms with E-state index in [0.717, 1.165) is 12.1 Å². The predicted molar refractivity (Wildman–Crippen MR) is 71.6 cm³/mol. The Morgan fingerprint density at radius 1 is 1.37 bits per heavy atom. The molecular weight excluding hydrogens is 269 g/mol. The lowest BCUT2D eigenvalue weighted by Crippen LogP contribution is -2.41. The molecule has 0 radical (unpaired) electrons. The van der Waals surface area contributed by atoms with Crippen LogP contribution in [0.15, 0.2) is 23.1 Å². The van der Waals surface area contributed by atoms with Crippen molar-refractivity contribution in [1.82, 2.24) is 4.72 Å². The maximum Gasteiger partial charge on any atom is 0.241 e. The molecule has 0 aliphatic heterocycles. The van der Waals surface area contributed by atoms with E-state index in [9.17, 15) is 12.8 Å². The third-order valence-corrected chi connectivity index (χ3v) is 4.74. The number of rotatable bonds is 4. The summed E-state index contributed by atoms with van der Waals surface area (Å²) in [5, 5.41) is 9.15. The predicted octanol–water partition coefficient (Wildman–Crippen LogP) is 2.03. The smallest absolute Gasteiger partial charge is 0.241 e. The summed E-state index contributed by atoms with van der Waals surface area (Å²) in [4.78, 5) is -0.217. The van der Waals surface area contributed by atoms with Gasteiger partial charge in [-0.25, -0.2) is 17.5 Å². The van der Waals surface area contributed by atoms with E-state index >= 15 is 0 Å². The third-order valence-electron chi connectivity index (χ3n) is 3.12. The lowest BCUT2D eigenvalue weighted by Gasteiger charge is -2.28. The Balaban J connectivity index is 3.17. The van der Waals surface area contributed by atoms with Crippen molar-refractivity contribution >= 4 is 10.0 Å². The Labute approximate surface area is 113 Å². The highest BCUT2D eigenvalue weighted by Gasteiger charge is 2.27. The lowest BCUT2D eigenvalue weighted by molar-refractivity contribution is 0.278. The van der Waals surface area contributed by atoms with Gasteiger partial charge in [0.25, 0.3) is 0 Å². The van der Waals surface area contributed by atoms with Gasteiger partial charge in [-0.15, -0.1) is 0 Å². The van der Waals surface area contributed by atoms with Crippen LogP contribution < -0.4 is 4.72 Å². The molecule has 0 bridgehead atoms. The van der Waals surface area contributed by atoms with Crippen LogP contribution in [-0.4, -0.2) is 19.6 Å². The summed E-state index contributed by atoms with van der Waals surface area (Å²) in [5.74, 6) is -0.652. The van der Waals surface area contributed by atoms with Gasteiger partial charge in [-0.1, -0.05) is 26.8 Å². The fraction of sp³-hybridized carbons (Fsp3) is 0.538. The van der Waals surface area contributed by atoms with Crippen LogP contribution in [0.2, 0.25) is 0 Å². The number of nitrogens with one attached hydrogen (secondary N) is 1. The highest BCUT2D eigenvalue weighted by atomic mass is 32.2. The number of aliphatic hydroxyl groups excluding tert-OH is 1. The summed E-state index contributed by atoms with van der Waals surface area (Å²) in [6.45, 7) is 6.99. The van der Waals surface area contributed by atoms with E-state index in [1.807, 2.05) is 20.8 Å². The molecule has 1 rings (SSSR count). The topological polar surface area (TPSA) is 66.4 Å². The van der Waals surface area contributed by atoms with E-state index in [1.54, 1.807) is 6.92 Å². The molecule has 1 unspecified atom stereocenters. The Hall–Kier alpha value is -0.980. The molecule has 0 aliphatic rings. The van der Waals surface area contributed by atoms with Gasteiger partial charge in [-0.05, 0) is 30.0 Å². The number of halogens is 1. The maximum atomic E-state index is 13.2. The van der Waals surface area contributed by atoms with Crippen LogP contribution >= 0.6 is 0 Å². The molecule has 4 nitrogen and oxygen atoms in total. The summed E-state index contributed by atoms with van der Waals surface area (Å²) >= 11 is 0. The van der Waals surface area contributed by atoms with Crippen molar-refractivity contribution in [2.24, 2.45) is 5.41 Å². The minimum Gasteiger partial charge on any atom is -0.392 e. The average Bonchev–Trinajstić information content (AvgIpc) is 2.27. The van der Waals surface area contributed by atoms with Crippen LogP contribution in [0.3, 0.4) is 0 Å². The van der Waals surface area contributed by atoms with Crippen LogP contribution in [0.4, 0.5) is 4.39 Å². The molecule has 0 aliphatic carbocycles. The first kappa shape index (κ1) is 16.1.